The number of carbonyl (C=O) groups excluding carboxylic acids is 1. The minimum Gasteiger partial charge on any atom is -0.368 e. The normalized spacial score (nSPS) is 20.3. The summed E-state index contributed by atoms with van der Waals surface area (Å²) in [5.74, 6) is 0.725. The molecule has 1 fully saturated rings. The van der Waals surface area contributed by atoms with Crippen molar-refractivity contribution in [2.45, 2.75) is 71.3 Å². The lowest BCUT2D eigenvalue weighted by molar-refractivity contribution is -0.124. The van der Waals surface area contributed by atoms with Crippen molar-refractivity contribution in [1.29, 1.82) is 0 Å². The second-order valence-corrected chi connectivity index (χ2v) is 6.76. The Morgan fingerprint density at radius 1 is 1.29 bits per heavy atom. The highest BCUT2D eigenvalue weighted by atomic mass is 16.1. The first kappa shape index (κ1) is 18.4. The van der Waals surface area contributed by atoms with Crippen molar-refractivity contribution in [2.24, 2.45) is 11.7 Å². The Balaban J connectivity index is 2.18. The summed E-state index contributed by atoms with van der Waals surface area (Å²) in [7, 11) is 0. The number of piperidine rings is 1. The maximum Gasteiger partial charge on any atom is 0.237 e. The van der Waals surface area contributed by atoms with Gasteiger partial charge in [-0.15, -0.1) is 0 Å². The van der Waals surface area contributed by atoms with Crippen LogP contribution in [0.2, 0.25) is 0 Å². The molecule has 0 bridgehead atoms. The fourth-order valence-electron chi connectivity index (χ4n) is 3.41. The zero-order valence-electron chi connectivity index (χ0n) is 14.3. The van der Waals surface area contributed by atoms with Gasteiger partial charge in [-0.1, -0.05) is 26.7 Å². The number of nitrogens with two attached hydrogens (primary N) is 1. The Morgan fingerprint density at radius 2 is 1.95 bits per heavy atom. The van der Waals surface area contributed by atoms with Gasteiger partial charge in [0.1, 0.15) is 0 Å². The topological polar surface area (TPSA) is 58.4 Å². The summed E-state index contributed by atoms with van der Waals surface area (Å²) in [4.78, 5) is 14.1. The fourth-order valence-corrected chi connectivity index (χ4v) is 3.41. The number of hydrogen-bond donors (Lipinski definition) is 2. The van der Waals surface area contributed by atoms with Gasteiger partial charge in [0.05, 0.1) is 5.54 Å². The van der Waals surface area contributed by atoms with E-state index in [4.69, 9.17) is 5.73 Å². The highest BCUT2D eigenvalue weighted by molar-refractivity contribution is 5.84. The molecule has 0 aliphatic carbocycles. The molecule has 1 saturated heterocycles. The second kappa shape index (κ2) is 9.42. The van der Waals surface area contributed by atoms with Crippen LogP contribution in [0, 0.1) is 5.92 Å². The summed E-state index contributed by atoms with van der Waals surface area (Å²) in [6.07, 6.45) is 8.50. The minimum absolute atomic E-state index is 0.232. The monoisotopic (exact) mass is 297 g/mol. The average molecular weight is 297 g/mol. The Kier molecular flexibility index (Phi) is 8.27. The summed E-state index contributed by atoms with van der Waals surface area (Å²) in [6, 6.07) is 0. The van der Waals surface area contributed by atoms with Crippen molar-refractivity contribution < 1.29 is 4.79 Å². The smallest absolute Gasteiger partial charge is 0.237 e. The molecule has 1 rings (SSSR count). The zero-order valence-corrected chi connectivity index (χ0v) is 14.3. The van der Waals surface area contributed by atoms with Gasteiger partial charge in [-0.2, -0.15) is 0 Å². The second-order valence-electron chi connectivity index (χ2n) is 6.76. The number of amides is 1. The molecule has 124 valence electrons. The number of likely N-dealkylation sites (N-methyl/N-ethyl adjacent to an activating group) is 1. The van der Waals surface area contributed by atoms with Crippen molar-refractivity contribution in [3.63, 3.8) is 0 Å². The highest BCUT2D eigenvalue weighted by Crippen LogP contribution is 2.22. The Labute approximate surface area is 130 Å². The van der Waals surface area contributed by atoms with Crippen LogP contribution in [-0.2, 0) is 4.79 Å². The third-order valence-corrected chi connectivity index (χ3v) is 4.92. The van der Waals surface area contributed by atoms with Gasteiger partial charge in [0.2, 0.25) is 5.91 Å². The Hall–Kier alpha value is -0.610. The summed E-state index contributed by atoms with van der Waals surface area (Å²) >= 11 is 0. The van der Waals surface area contributed by atoms with E-state index in [1.165, 1.54) is 45.3 Å². The fraction of sp³-hybridized carbons (Fsp3) is 0.941. The molecular formula is C17H35N3O. The van der Waals surface area contributed by atoms with E-state index in [0.29, 0.717) is 0 Å². The lowest BCUT2D eigenvalue weighted by Gasteiger charge is -2.32. The lowest BCUT2D eigenvalue weighted by atomic mass is 9.92. The standard InChI is InChI=1S/C17H35N3O/c1-4-8-15-9-13-20(14-10-15)12-7-6-11-17(3,16(18)21)19-5-2/h15,19H,4-14H2,1-3H3,(H2,18,21). The summed E-state index contributed by atoms with van der Waals surface area (Å²) in [6.45, 7) is 10.7. The van der Waals surface area contributed by atoms with Gasteiger partial charge in [-0.3, -0.25) is 4.79 Å². The highest BCUT2D eigenvalue weighted by Gasteiger charge is 2.29. The van der Waals surface area contributed by atoms with Crippen LogP contribution in [0.4, 0.5) is 0 Å². The van der Waals surface area contributed by atoms with Crippen molar-refractivity contribution in [2.75, 3.05) is 26.2 Å². The van der Waals surface area contributed by atoms with Gasteiger partial charge in [0.25, 0.3) is 0 Å². The molecule has 4 nitrogen and oxygen atoms in total. The van der Waals surface area contributed by atoms with E-state index in [2.05, 4.69) is 17.1 Å². The minimum atomic E-state index is -0.539. The molecular weight excluding hydrogens is 262 g/mol. The van der Waals surface area contributed by atoms with Crippen LogP contribution in [0.3, 0.4) is 0 Å². The molecule has 1 amide bonds. The number of primary amides is 1. The molecule has 3 N–H and O–H groups in total. The molecule has 4 heteroatoms. The van der Waals surface area contributed by atoms with Crippen LogP contribution in [-0.4, -0.2) is 42.5 Å². The van der Waals surface area contributed by atoms with Crippen LogP contribution in [0.25, 0.3) is 0 Å². The van der Waals surface area contributed by atoms with Gasteiger partial charge in [-0.25, -0.2) is 0 Å². The molecule has 1 unspecified atom stereocenters. The van der Waals surface area contributed by atoms with E-state index in [-0.39, 0.29) is 5.91 Å². The first-order valence-corrected chi connectivity index (χ1v) is 8.79. The molecule has 0 spiro atoms. The molecule has 0 aromatic rings. The predicted molar refractivity (Wildman–Crippen MR) is 89.2 cm³/mol. The molecule has 0 radical (unpaired) electrons. The van der Waals surface area contributed by atoms with Crippen molar-refractivity contribution >= 4 is 5.91 Å². The zero-order chi connectivity index (χ0) is 15.7. The van der Waals surface area contributed by atoms with Crippen LogP contribution in [0.5, 0.6) is 0 Å². The van der Waals surface area contributed by atoms with Crippen LogP contribution in [0.15, 0.2) is 0 Å². The van der Waals surface area contributed by atoms with Gasteiger partial charge >= 0.3 is 0 Å². The maximum atomic E-state index is 11.6. The maximum absolute atomic E-state index is 11.6. The van der Waals surface area contributed by atoms with Crippen molar-refractivity contribution in [3.05, 3.63) is 0 Å². The van der Waals surface area contributed by atoms with Crippen LogP contribution < -0.4 is 11.1 Å². The van der Waals surface area contributed by atoms with Gasteiger partial charge < -0.3 is 16.0 Å². The molecule has 1 aliphatic rings. The SMILES string of the molecule is CCCC1CCN(CCCCC(C)(NCC)C(N)=O)CC1. The van der Waals surface area contributed by atoms with E-state index in [1.807, 2.05) is 13.8 Å². The average Bonchev–Trinajstić information content (AvgIpc) is 2.46. The van der Waals surface area contributed by atoms with Gasteiger partial charge in [-0.05, 0) is 71.1 Å². The molecule has 1 atom stereocenters. The quantitative estimate of drug-likeness (QED) is 0.609. The predicted octanol–water partition coefficient (Wildman–Crippen LogP) is 2.52. The number of hydrogen-bond acceptors (Lipinski definition) is 3. The van der Waals surface area contributed by atoms with Gasteiger partial charge in [0, 0.05) is 0 Å². The first-order chi connectivity index (χ1) is 10.0. The summed E-state index contributed by atoms with van der Waals surface area (Å²) in [5, 5.41) is 3.23. The van der Waals surface area contributed by atoms with E-state index in [1.54, 1.807) is 0 Å². The number of likely N-dealkylation sites (tertiary alicyclic amines) is 1. The van der Waals surface area contributed by atoms with Crippen LogP contribution in [0.1, 0.15) is 65.7 Å². The van der Waals surface area contributed by atoms with Crippen molar-refractivity contribution in [3.8, 4) is 0 Å². The number of nitrogens with zero attached hydrogens (tertiary/aromatic N) is 1. The summed E-state index contributed by atoms with van der Waals surface area (Å²) in [5.41, 5.74) is 4.98. The molecule has 1 aliphatic heterocycles. The third kappa shape index (κ3) is 6.35. The Morgan fingerprint density at radius 3 is 2.48 bits per heavy atom. The molecule has 21 heavy (non-hydrogen) atoms. The number of unbranched alkanes of at least 4 members (excludes halogenated alkanes) is 1. The molecule has 0 aromatic heterocycles. The number of rotatable bonds is 10. The molecule has 0 aromatic carbocycles. The third-order valence-electron chi connectivity index (χ3n) is 4.92. The molecule has 0 saturated carbocycles. The lowest BCUT2D eigenvalue weighted by Crippen LogP contribution is -2.53. The van der Waals surface area contributed by atoms with E-state index >= 15 is 0 Å². The molecule has 1 heterocycles. The van der Waals surface area contributed by atoms with E-state index in [0.717, 1.165) is 31.7 Å². The first-order valence-electron chi connectivity index (χ1n) is 8.79. The van der Waals surface area contributed by atoms with Crippen LogP contribution >= 0.6 is 0 Å². The summed E-state index contributed by atoms with van der Waals surface area (Å²) < 4.78 is 0. The van der Waals surface area contributed by atoms with E-state index < -0.39 is 5.54 Å². The largest absolute Gasteiger partial charge is 0.368 e. The van der Waals surface area contributed by atoms with Gasteiger partial charge in [0.15, 0.2) is 0 Å². The Bertz CT molecular complexity index is 300. The number of carbonyl (C=O) groups is 1. The van der Waals surface area contributed by atoms with Crippen molar-refractivity contribution in [1.82, 2.24) is 10.2 Å². The number of nitrogens with one attached hydrogen (secondary N) is 1. The van der Waals surface area contributed by atoms with E-state index in [9.17, 15) is 4.79 Å².